The van der Waals surface area contributed by atoms with Gasteiger partial charge in [-0.1, -0.05) is 11.2 Å². The Hall–Kier alpha value is -3.41. The number of oxime groups is 1. The van der Waals surface area contributed by atoms with Crippen molar-refractivity contribution in [2.45, 2.75) is 11.4 Å². The number of aliphatic carboxylic acids is 1. The van der Waals surface area contributed by atoms with Crippen LogP contribution in [0.4, 0.5) is 5.82 Å². The number of hydrogen-bond donors (Lipinski definition) is 3. The Morgan fingerprint density at radius 3 is 2.93 bits per heavy atom. The molecule has 2 aliphatic rings. The fourth-order valence-electron chi connectivity index (χ4n) is 2.75. The van der Waals surface area contributed by atoms with Crippen molar-refractivity contribution in [2.75, 3.05) is 18.2 Å². The highest BCUT2D eigenvalue weighted by molar-refractivity contribution is 8.00. The third kappa shape index (κ3) is 3.53. The van der Waals surface area contributed by atoms with Gasteiger partial charge in [-0.15, -0.1) is 11.8 Å². The van der Waals surface area contributed by atoms with E-state index >= 15 is 0 Å². The topological polar surface area (TPSA) is 150 Å². The van der Waals surface area contributed by atoms with E-state index in [2.05, 4.69) is 20.8 Å². The lowest BCUT2D eigenvalue weighted by Crippen LogP contribution is -2.70. The maximum absolute atomic E-state index is 12.7. The molecule has 11 nitrogen and oxygen atoms in total. The van der Waals surface area contributed by atoms with Gasteiger partial charge in [0.2, 0.25) is 6.41 Å². The van der Waals surface area contributed by atoms with E-state index in [0.717, 1.165) is 4.90 Å². The average Bonchev–Trinajstić information content (AvgIpc) is 2.69. The second kappa shape index (κ2) is 8.08. The van der Waals surface area contributed by atoms with Crippen LogP contribution >= 0.6 is 11.8 Å². The average molecular weight is 405 g/mol. The van der Waals surface area contributed by atoms with Crippen LogP contribution in [0.3, 0.4) is 0 Å². The van der Waals surface area contributed by atoms with E-state index in [0.29, 0.717) is 12.2 Å². The van der Waals surface area contributed by atoms with E-state index in [4.69, 9.17) is 4.84 Å². The van der Waals surface area contributed by atoms with Gasteiger partial charge in [-0.25, -0.2) is 9.78 Å². The summed E-state index contributed by atoms with van der Waals surface area (Å²) in [7, 11) is 1.25. The molecule has 1 aromatic heterocycles. The highest BCUT2D eigenvalue weighted by Gasteiger charge is 2.53. The second-order valence-electron chi connectivity index (χ2n) is 5.57. The fraction of sp³-hybridized carbons (Fsp3) is 0.250. The number of nitrogens with zero attached hydrogens (tertiary/aromatic N) is 3. The number of anilines is 1. The van der Waals surface area contributed by atoms with Gasteiger partial charge < -0.3 is 20.6 Å². The number of fused-ring (bicyclic) bond motifs is 1. The van der Waals surface area contributed by atoms with E-state index in [1.165, 1.54) is 37.1 Å². The summed E-state index contributed by atoms with van der Waals surface area (Å²) in [5, 5.41) is 17.2. The zero-order chi connectivity index (χ0) is 20.3. The number of thioether (sulfide) groups is 1. The predicted molar refractivity (Wildman–Crippen MR) is 98.2 cm³/mol. The molecule has 146 valence electrons. The first kappa shape index (κ1) is 19.4. The summed E-state index contributed by atoms with van der Waals surface area (Å²) in [6, 6.07) is 3.66. The molecule has 12 heteroatoms. The number of carbonyl (C=O) groups is 4. The highest BCUT2D eigenvalue weighted by Crippen LogP contribution is 2.37. The maximum atomic E-state index is 12.7. The molecule has 0 bridgehead atoms. The van der Waals surface area contributed by atoms with Gasteiger partial charge in [-0.2, -0.15) is 0 Å². The maximum Gasteiger partial charge on any atom is 0.352 e. The Kier molecular flexibility index (Phi) is 5.59. The molecule has 3 N–H and O–H groups in total. The van der Waals surface area contributed by atoms with Crippen LogP contribution in [0, 0.1) is 0 Å². The van der Waals surface area contributed by atoms with Crippen molar-refractivity contribution in [2.24, 2.45) is 5.16 Å². The zero-order valence-electron chi connectivity index (χ0n) is 14.5. The standard InChI is InChI=1S/C16H15N5O6S/c1-27-20-11(8-3-2-4-10(18-8)17-7-22)13(23)19-12-14(24)21-9(16(25)26)5-6-28-15(12)21/h2-5,7,12,15H,6H2,1H3,(H,19,23)(H,25,26)(H,17,18,22)/t12?,15-/m0/s1. The van der Waals surface area contributed by atoms with E-state index in [9.17, 15) is 24.3 Å². The van der Waals surface area contributed by atoms with Crippen molar-refractivity contribution in [3.8, 4) is 0 Å². The molecule has 3 rings (SSSR count). The van der Waals surface area contributed by atoms with E-state index in [1.807, 2.05) is 0 Å². The molecule has 2 atom stereocenters. The number of rotatable bonds is 7. The van der Waals surface area contributed by atoms with Crippen molar-refractivity contribution in [3.63, 3.8) is 0 Å². The Bertz CT molecular complexity index is 901. The van der Waals surface area contributed by atoms with Crippen LogP contribution in [0.1, 0.15) is 5.69 Å². The van der Waals surface area contributed by atoms with Gasteiger partial charge in [0.05, 0.1) is 0 Å². The van der Waals surface area contributed by atoms with Crippen LogP contribution in [0.5, 0.6) is 0 Å². The SMILES string of the molecule is CON=C(C(=O)NC1C(=O)N2C(C(=O)O)=CCS[C@@H]12)c1cccc(NC=O)n1. The van der Waals surface area contributed by atoms with Gasteiger partial charge >= 0.3 is 5.97 Å². The lowest BCUT2D eigenvalue weighted by atomic mass is 10.0. The van der Waals surface area contributed by atoms with Crippen LogP contribution in [-0.2, 0) is 24.0 Å². The number of amides is 3. The number of nitrogens with one attached hydrogen (secondary N) is 2. The lowest BCUT2D eigenvalue weighted by Gasteiger charge is -2.48. The molecule has 3 heterocycles. The molecule has 3 amide bonds. The minimum atomic E-state index is -1.20. The smallest absolute Gasteiger partial charge is 0.352 e. The number of carboxylic acids is 1. The van der Waals surface area contributed by atoms with Crippen molar-refractivity contribution < 1.29 is 29.1 Å². The minimum Gasteiger partial charge on any atom is -0.477 e. The Balaban J connectivity index is 1.78. The molecule has 1 unspecified atom stereocenters. The van der Waals surface area contributed by atoms with Crippen molar-refractivity contribution in [3.05, 3.63) is 35.7 Å². The Morgan fingerprint density at radius 2 is 2.25 bits per heavy atom. The number of hydrogen-bond acceptors (Lipinski definition) is 8. The lowest BCUT2D eigenvalue weighted by molar-refractivity contribution is -0.150. The van der Waals surface area contributed by atoms with Crippen molar-refractivity contribution >= 4 is 47.5 Å². The molecule has 0 radical (unpaired) electrons. The third-order valence-electron chi connectivity index (χ3n) is 3.95. The van der Waals surface area contributed by atoms with Gasteiger partial charge in [-0.05, 0) is 18.2 Å². The normalized spacial score (nSPS) is 21.0. The van der Waals surface area contributed by atoms with E-state index in [1.54, 1.807) is 6.07 Å². The number of pyridine rings is 1. The summed E-state index contributed by atoms with van der Waals surface area (Å²) in [5.41, 5.74) is -0.172. The summed E-state index contributed by atoms with van der Waals surface area (Å²) in [6.45, 7) is 0. The first-order chi connectivity index (χ1) is 13.5. The Morgan fingerprint density at radius 1 is 1.46 bits per heavy atom. The van der Waals surface area contributed by atoms with E-state index < -0.39 is 29.2 Å². The molecule has 1 aromatic rings. The number of carboxylic acid groups (broad SMARTS) is 1. The molecule has 0 aromatic carbocycles. The molecule has 0 spiro atoms. The first-order valence-electron chi connectivity index (χ1n) is 7.95. The minimum absolute atomic E-state index is 0.0978. The highest BCUT2D eigenvalue weighted by atomic mass is 32.2. The zero-order valence-corrected chi connectivity index (χ0v) is 15.3. The number of aromatic nitrogens is 1. The summed E-state index contributed by atoms with van der Waals surface area (Å²) in [5.74, 6) is -1.84. The van der Waals surface area contributed by atoms with Crippen LogP contribution in [0.2, 0.25) is 0 Å². The summed E-state index contributed by atoms with van der Waals surface area (Å²) >= 11 is 1.33. The second-order valence-corrected chi connectivity index (χ2v) is 6.72. The van der Waals surface area contributed by atoms with Crippen LogP contribution < -0.4 is 10.6 Å². The summed E-state index contributed by atoms with van der Waals surface area (Å²) < 4.78 is 0. The number of β-lactam (4-membered cyclic amide) rings is 1. The third-order valence-corrected chi connectivity index (χ3v) is 5.13. The summed E-state index contributed by atoms with van der Waals surface area (Å²) in [4.78, 5) is 56.8. The summed E-state index contributed by atoms with van der Waals surface area (Å²) in [6.07, 6.45) is 1.89. The van der Waals surface area contributed by atoms with Gasteiger partial charge in [0.1, 0.15) is 35.7 Å². The molecule has 28 heavy (non-hydrogen) atoms. The van der Waals surface area contributed by atoms with Crippen molar-refractivity contribution in [1.29, 1.82) is 0 Å². The quantitative estimate of drug-likeness (QED) is 0.235. The molecule has 0 aliphatic carbocycles. The Labute approximate surface area is 162 Å². The molecule has 1 saturated heterocycles. The number of carbonyl (C=O) groups excluding carboxylic acids is 3. The molecule has 0 saturated carbocycles. The van der Waals surface area contributed by atoms with Gasteiger partial charge in [0.15, 0.2) is 5.71 Å². The predicted octanol–water partition coefficient (Wildman–Crippen LogP) is -0.631. The monoisotopic (exact) mass is 405 g/mol. The molecule has 2 aliphatic heterocycles. The van der Waals surface area contributed by atoms with Gasteiger partial charge in [-0.3, -0.25) is 19.3 Å². The fourth-order valence-corrected chi connectivity index (χ4v) is 3.95. The molecular formula is C16H15N5O6S. The van der Waals surface area contributed by atoms with Gasteiger partial charge in [0, 0.05) is 5.75 Å². The van der Waals surface area contributed by atoms with E-state index in [-0.39, 0.29) is 22.9 Å². The van der Waals surface area contributed by atoms with Gasteiger partial charge in [0.25, 0.3) is 11.8 Å². The van der Waals surface area contributed by atoms with Crippen LogP contribution in [-0.4, -0.2) is 69.2 Å². The van der Waals surface area contributed by atoms with Crippen LogP contribution in [0.15, 0.2) is 35.1 Å². The van der Waals surface area contributed by atoms with Crippen LogP contribution in [0.25, 0.3) is 0 Å². The molecular weight excluding hydrogens is 390 g/mol. The van der Waals surface area contributed by atoms with Crippen molar-refractivity contribution in [1.82, 2.24) is 15.2 Å². The largest absolute Gasteiger partial charge is 0.477 e. The molecule has 1 fully saturated rings. The first-order valence-corrected chi connectivity index (χ1v) is 9.00.